The number of nitrogens with zero attached hydrogens (tertiary/aromatic N) is 4. The van der Waals surface area contributed by atoms with Gasteiger partial charge in [-0.3, -0.25) is 9.69 Å². The van der Waals surface area contributed by atoms with E-state index < -0.39 is 0 Å². The zero-order valence-electron chi connectivity index (χ0n) is 16.2. The van der Waals surface area contributed by atoms with Crippen molar-refractivity contribution in [2.75, 3.05) is 18.0 Å². The Kier molecular flexibility index (Phi) is 4.86. The van der Waals surface area contributed by atoms with E-state index in [1.807, 2.05) is 30.3 Å². The number of aromatic nitrogens is 2. The topological polar surface area (TPSA) is 41.4 Å². The average Bonchev–Trinajstić information content (AvgIpc) is 3.13. The summed E-state index contributed by atoms with van der Waals surface area (Å²) in [7, 11) is 0. The second-order valence-corrected chi connectivity index (χ2v) is 8.16. The van der Waals surface area contributed by atoms with Crippen molar-refractivity contribution >= 4 is 17.5 Å². The fourth-order valence-electron chi connectivity index (χ4n) is 4.39. The Morgan fingerprint density at radius 1 is 0.931 bits per heavy atom. The summed E-state index contributed by atoms with van der Waals surface area (Å²) in [6.07, 6.45) is 0.882. The molecule has 0 radical (unpaired) electrons. The third-order valence-electron chi connectivity index (χ3n) is 5.87. The Labute approximate surface area is 175 Å². The summed E-state index contributed by atoms with van der Waals surface area (Å²) < 4.78 is 2.24. The van der Waals surface area contributed by atoms with E-state index in [9.17, 15) is 4.79 Å². The van der Waals surface area contributed by atoms with Crippen LogP contribution >= 0.6 is 11.6 Å². The maximum atomic E-state index is 12.9. The Hall–Kier alpha value is -2.63. The molecule has 3 heterocycles. The van der Waals surface area contributed by atoms with E-state index in [1.165, 1.54) is 5.56 Å². The molecule has 5 rings (SSSR count). The molecule has 3 aromatic rings. The quantitative estimate of drug-likeness (QED) is 0.665. The molecule has 0 bridgehead atoms. The predicted molar refractivity (Wildman–Crippen MR) is 115 cm³/mol. The zero-order chi connectivity index (χ0) is 19.8. The van der Waals surface area contributed by atoms with Gasteiger partial charge in [0.05, 0.1) is 5.56 Å². The molecular formula is C23H23ClN4O. The number of hydrogen-bond acceptors (Lipinski definition) is 4. The SMILES string of the molecule is O=c1nc2n(c3c1CN(Cc1ccccc1)CC3)CCN2Cc1ccccc1Cl. The van der Waals surface area contributed by atoms with Crippen LogP contribution in [-0.2, 0) is 32.6 Å². The van der Waals surface area contributed by atoms with Crippen molar-refractivity contribution in [3.63, 3.8) is 0 Å². The number of benzene rings is 2. The fraction of sp³-hybridized carbons (Fsp3) is 0.304. The van der Waals surface area contributed by atoms with Crippen molar-refractivity contribution < 1.29 is 0 Å². The van der Waals surface area contributed by atoms with Crippen molar-refractivity contribution in [2.24, 2.45) is 0 Å². The predicted octanol–water partition coefficient (Wildman–Crippen LogP) is 3.48. The van der Waals surface area contributed by atoms with Crippen LogP contribution in [0.25, 0.3) is 0 Å². The van der Waals surface area contributed by atoms with Gasteiger partial charge in [-0.2, -0.15) is 4.98 Å². The van der Waals surface area contributed by atoms with E-state index in [-0.39, 0.29) is 5.56 Å². The van der Waals surface area contributed by atoms with Crippen LogP contribution in [0.15, 0.2) is 59.4 Å². The molecule has 0 amide bonds. The third kappa shape index (κ3) is 3.56. The fourth-order valence-corrected chi connectivity index (χ4v) is 4.59. The van der Waals surface area contributed by atoms with Gasteiger partial charge in [-0.1, -0.05) is 60.1 Å². The average molecular weight is 407 g/mol. The Bertz CT molecular complexity index is 1100. The van der Waals surface area contributed by atoms with E-state index >= 15 is 0 Å². The smallest absolute Gasteiger partial charge is 0.279 e. The molecule has 0 spiro atoms. The number of fused-ring (bicyclic) bond motifs is 3. The van der Waals surface area contributed by atoms with Gasteiger partial charge in [0.1, 0.15) is 0 Å². The maximum Gasteiger partial charge on any atom is 0.279 e. The minimum atomic E-state index is -0.0879. The van der Waals surface area contributed by atoms with Crippen molar-refractivity contribution in [3.05, 3.63) is 92.4 Å². The van der Waals surface area contributed by atoms with Gasteiger partial charge < -0.3 is 9.47 Å². The highest BCUT2D eigenvalue weighted by molar-refractivity contribution is 6.31. The lowest BCUT2D eigenvalue weighted by molar-refractivity contribution is 0.239. The van der Waals surface area contributed by atoms with Crippen LogP contribution in [0.1, 0.15) is 22.4 Å². The largest absolute Gasteiger partial charge is 0.336 e. The number of halogens is 1. The lowest BCUT2D eigenvalue weighted by Crippen LogP contribution is -2.37. The Morgan fingerprint density at radius 2 is 1.72 bits per heavy atom. The summed E-state index contributed by atoms with van der Waals surface area (Å²) >= 11 is 6.34. The van der Waals surface area contributed by atoms with Crippen LogP contribution in [0.4, 0.5) is 5.95 Å². The second-order valence-electron chi connectivity index (χ2n) is 7.75. The second kappa shape index (κ2) is 7.65. The summed E-state index contributed by atoms with van der Waals surface area (Å²) in [4.78, 5) is 21.9. The van der Waals surface area contributed by atoms with E-state index in [0.29, 0.717) is 13.1 Å². The van der Waals surface area contributed by atoms with E-state index in [2.05, 4.69) is 43.6 Å². The van der Waals surface area contributed by atoms with E-state index in [1.54, 1.807) is 0 Å². The van der Waals surface area contributed by atoms with Crippen molar-refractivity contribution in [1.82, 2.24) is 14.5 Å². The first-order valence-electron chi connectivity index (χ1n) is 10.1. The van der Waals surface area contributed by atoms with Crippen LogP contribution in [0.3, 0.4) is 0 Å². The lowest BCUT2D eigenvalue weighted by atomic mass is 10.1. The molecule has 29 heavy (non-hydrogen) atoms. The van der Waals surface area contributed by atoms with Gasteiger partial charge in [0.25, 0.3) is 5.56 Å². The summed E-state index contributed by atoms with van der Waals surface area (Å²) in [6.45, 7) is 4.87. The normalized spacial score (nSPS) is 16.0. The standard InChI is InChI=1S/C23H23ClN4O/c24-20-9-5-4-8-18(20)15-27-12-13-28-21-10-11-26(14-17-6-2-1-3-7-17)16-19(21)22(29)25-23(27)28/h1-9H,10-16H2. The number of anilines is 1. The molecule has 5 nitrogen and oxygen atoms in total. The summed E-state index contributed by atoms with van der Waals surface area (Å²) in [5.41, 5.74) is 4.26. The first-order valence-corrected chi connectivity index (χ1v) is 10.4. The van der Waals surface area contributed by atoms with Crippen molar-refractivity contribution in [3.8, 4) is 0 Å². The molecule has 0 unspecified atom stereocenters. The minimum absolute atomic E-state index is 0.0879. The number of hydrogen-bond donors (Lipinski definition) is 0. The molecule has 0 aliphatic carbocycles. The Morgan fingerprint density at radius 3 is 2.55 bits per heavy atom. The van der Waals surface area contributed by atoms with Crippen molar-refractivity contribution in [2.45, 2.75) is 32.6 Å². The van der Waals surface area contributed by atoms with Gasteiger partial charge in [-0.15, -0.1) is 0 Å². The van der Waals surface area contributed by atoms with Crippen LogP contribution in [0.2, 0.25) is 5.02 Å². The molecule has 6 heteroatoms. The lowest BCUT2D eigenvalue weighted by Gasteiger charge is -2.30. The molecule has 0 saturated heterocycles. The van der Waals surface area contributed by atoms with Gasteiger partial charge >= 0.3 is 0 Å². The van der Waals surface area contributed by atoms with Gasteiger partial charge in [-0.25, -0.2) is 0 Å². The molecule has 148 valence electrons. The minimum Gasteiger partial charge on any atom is -0.336 e. The zero-order valence-corrected chi connectivity index (χ0v) is 17.0. The summed E-state index contributed by atoms with van der Waals surface area (Å²) in [5, 5.41) is 0.753. The van der Waals surface area contributed by atoms with Gasteiger partial charge in [0, 0.05) is 56.4 Å². The molecule has 1 aromatic heterocycles. The molecule has 2 aromatic carbocycles. The first kappa shape index (κ1) is 18.4. The van der Waals surface area contributed by atoms with Crippen LogP contribution in [0.5, 0.6) is 0 Å². The summed E-state index contributed by atoms with van der Waals surface area (Å²) in [6, 6.07) is 18.3. The molecule has 0 fully saturated rings. The third-order valence-corrected chi connectivity index (χ3v) is 6.23. The first-order chi connectivity index (χ1) is 14.2. The molecule has 2 aliphatic heterocycles. The van der Waals surface area contributed by atoms with Crippen LogP contribution < -0.4 is 10.5 Å². The van der Waals surface area contributed by atoms with Gasteiger partial charge in [0.2, 0.25) is 5.95 Å². The maximum absolute atomic E-state index is 12.9. The van der Waals surface area contributed by atoms with E-state index in [4.69, 9.17) is 11.6 Å². The van der Waals surface area contributed by atoms with Crippen LogP contribution in [-0.4, -0.2) is 27.5 Å². The highest BCUT2D eigenvalue weighted by Gasteiger charge is 2.29. The highest BCUT2D eigenvalue weighted by atomic mass is 35.5. The van der Waals surface area contributed by atoms with Crippen LogP contribution in [0, 0.1) is 0 Å². The molecular weight excluding hydrogens is 384 g/mol. The molecule has 0 saturated carbocycles. The summed E-state index contributed by atoms with van der Waals surface area (Å²) in [5.74, 6) is 0.783. The monoisotopic (exact) mass is 406 g/mol. The molecule has 0 N–H and O–H groups in total. The highest BCUT2D eigenvalue weighted by Crippen LogP contribution is 2.28. The van der Waals surface area contributed by atoms with Gasteiger partial charge in [-0.05, 0) is 17.2 Å². The number of rotatable bonds is 4. The molecule has 0 atom stereocenters. The Balaban J connectivity index is 1.40. The molecule has 2 aliphatic rings. The van der Waals surface area contributed by atoms with Gasteiger partial charge in [0.15, 0.2) is 0 Å². The van der Waals surface area contributed by atoms with E-state index in [0.717, 1.165) is 60.4 Å². The van der Waals surface area contributed by atoms with Crippen molar-refractivity contribution in [1.29, 1.82) is 0 Å².